The Hall–Kier alpha value is -3.18. The van der Waals surface area contributed by atoms with Gasteiger partial charge in [0.2, 0.25) is 0 Å². The van der Waals surface area contributed by atoms with Gasteiger partial charge in [0.25, 0.3) is 11.5 Å². The number of nitrogens with one attached hydrogen (secondary N) is 2. The summed E-state index contributed by atoms with van der Waals surface area (Å²) in [6, 6.07) is 21.4. The molecule has 1 aliphatic rings. The monoisotopic (exact) mass is 373 g/mol. The van der Waals surface area contributed by atoms with E-state index in [-0.39, 0.29) is 17.0 Å². The van der Waals surface area contributed by atoms with E-state index in [4.69, 9.17) is 0 Å². The molecule has 2 aromatic carbocycles. The van der Waals surface area contributed by atoms with Crippen LogP contribution in [-0.2, 0) is 13.1 Å². The molecule has 1 amide bonds. The molecule has 0 unspecified atom stereocenters. The molecule has 28 heavy (non-hydrogen) atoms. The van der Waals surface area contributed by atoms with Crippen molar-refractivity contribution in [2.24, 2.45) is 0 Å². The lowest BCUT2D eigenvalue weighted by molar-refractivity contribution is 0.0950. The van der Waals surface area contributed by atoms with Crippen molar-refractivity contribution >= 4 is 5.91 Å². The number of carbonyl (C=O) groups excluding carboxylic acids is 1. The summed E-state index contributed by atoms with van der Waals surface area (Å²) < 4.78 is 0. The maximum absolute atomic E-state index is 12.3. The summed E-state index contributed by atoms with van der Waals surface area (Å²) in [5, 5.41) is 2.86. The number of hydrogen-bond acceptors (Lipinski definition) is 3. The summed E-state index contributed by atoms with van der Waals surface area (Å²) in [5.74, 6) is -0.328. The Morgan fingerprint density at radius 3 is 2.29 bits per heavy atom. The number of fused-ring (bicyclic) bond motifs is 1. The van der Waals surface area contributed by atoms with Crippen molar-refractivity contribution in [2.75, 3.05) is 13.1 Å². The van der Waals surface area contributed by atoms with Gasteiger partial charge < -0.3 is 10.3 Å². The highest BCUT2D eigenvalue weighted by molar-refractivity contribution is 5.94. The molecule has 3 aromatic rings. The first-order chi connectivity index (χ1) is 13.7. The number of aromatic amines is 1. The first-order valence-corrected chi connectivity index (χ1v) is 9.57. The van der Waals surface area contributed by atoms with Gasteiger partial charge >= 0.3 is 0 Å². The zero-order valence-corrected chi connectivity index (χ0v) is 15.7. The van der Waals surface area contributed by atoms with Crippen molar-refractivity contribution in [3.8, 4) is 11.3 Å². The van der Waals surface area contributed by atoms with E-state index < -0.39 is 0 Å². The van der Waals surface area contributed by atoms with Crippen molar-refractivity contribution in [1.82, 2.24) is 15.2 Å². The Bertz CT molecular complexity index is 1000. The summed E-state index contributed by atoms with van der Waals surface area (Å²) in [6.45, 7) is 3.39. The van der Waals surface area contributed by atoms with Gasteiger partial charge in [-0.15, -0.1) is 0 Å². The molecule has 2 N–H and O–H groups in total. The molecular formula is C23H23N3O2. The Morgan fingerprint density at radius 2 is 1.61 bits per heavy atom. The molecule has 5 nitrogen and oxygen atoms in total. The van der Waals surface area contributed by atoms with Crippen molar-refractivity contribution in [1.29, 1.82) is 0 Å². The number of aromatic nitrogens is 1. The van der Waals surface area contributed by atoms with Crippen LogP contribution in [0.4, 0.5) is 0 Å². The van der Waals surface area contributed by atoms with Crippen molar-refractivity contribution in [2.45, 2.75) is 19.5 Å². The van der Waals surface area contributed by atoms with Crippen molar-refractivity contribution < 1.29 is 4.79 Å². The molecule has 0 aliphatic carbocycles. The van der Waals surface area contributed by atoms with Gasteiger partial charge in [-0.25, -0.2) is 0 Å². The number of benzene rings is 2. The van der Waals surface area contributed by atoms with Crippen molar-refractivity contribution in [3.05, 3.63) is 93.8 Å². The van der Waals surface area contributed by atoms with Crippen LogP contribution in [0.3, 0.4) is 0 Å². The van der Waals surface area contributed by atoms with Crippen LogP contribution in [0.25, 0.3) is 11.3 Å². The van der Waals surface area contributed by atoms with Crippen LogP contribution in [0.1, 0.15) is 27.9 Å². The van der Waals surface area contributed by atoms with Gasteiger partial charge in [-0.1, -0.05) is 54.6 Å². The van der Waals surface area contributed by atoms with E-state index in [1.54, 1.807) is 12.1 Å². The summed E-state index contributed by atoms with van der Waals surface area (Å²) >= 11 is 0. The second-order valence-corrected chi connectivity index (χ2v) is 7.07. The lowest BCUT2D eigenvalue weighted by Gasteiger charge is -2.14. The average molecular weight is 373 g/mol. The smallest absolute Gasteiger partial charge is 0.261 e. The second-order valence-electron chi connectivity index (χ2n) is 7.07. The molecule has 0 radical (unpaired) electrons. The Labute approximate surface area is 164 Å². The van der Waals surface area contributed by atoms with E-state index in [0.717, 1.165) is 31.6 Å². The lowest BCUT2D eigenvalue weighted by atomic mass is 10.1. The predicted molar refractivity (Wildman–Crippen MR) is 110 cm³/mol. The third-order valence-corrected chi connectivity index (χ3v) is 5.08. The molecule has 0 spiro atoms. The molecule has 2 heterocycles. The van der Waals surface area contributed by atoms with Crippen LogP contribution >= 0.6 is 0 Å². The van der Waals surface area contributed by atoms with Gasteiger partial charge in [-0.05, 0) is 35.2 Å². The fourth-order valence-corrected chi connectivity index (χ4v) is 3.60. The highest BCUT2D eigenvalue weighted by Gasteiger charge is 2.17. The number of pyridine rings is 1. The molecule has 0 bridgehead atoms. The predicted octanol–water partition coefficient (Wildman–Crippen LogP) is 3.18. The van der Waals surface area contributed by atoms with Crippen LogP contribution < -0.4 is 10.9 Å². The van der Waals surface area contributed by atoms with E-state index in [0.29, 0.717) is 12.2 Å². The van der Waals surface area contributed by atoms with E-state index in [1.807, 2.05) is 30.3 Å². The number of carbonyl (C=O) groups is 1. The standard InChI is InChI=1S/C23H23N3O2/c27-22(20-11-12-21(25-23(20)28)17-7-2-1-3-8-17)24-13-6-14-26-15-18-9-4-5-10-19(18)16-26/h1-5,7-12H,6,13-16H2,(H,24,27)(H,25,28). The molecule has 142 valence electrons. The molecule has 0 fully saturated rings. The Kier molecular flexibility index (Phi) is 5.35. The number of amides is 1. The molecule has 1 aromatic heterocycles. The summed E-state index contributed by atoms with van der Waals surface area (Å²) in [6.07, 6.45) is 0.847. The van der Waals surface area contributed by atoms with E-state index in [9.17, 15) is 9.59 Å². The second kappa shape index (κ2) is 8.23. The summed E-state index contributed by atoms with van der Waals surface area (Å²) in [5.41, 5.74) is 4.17. The first-order valence-electron chi connectivity index (χ1n) is 9.57. The number of nitrogens with zero attached hydrogens (tertiary/aromatic N) is 1. The zero-order chi connectivity index (χ0) is 19.3. The van der Waals surface area contributed by atoms with Crippen LogP contribution in [0.2, 0.25) is 0 Å². The van der Waals surface area contributed by atoms with Crippen LogP contribution in [-0.4, -0.2) is 28.9 Å². The van der Waals surface area contributed by atoms with Gasteiger partial charge in [0.1, 0.15) is 5.56 Å². The average Bonchev–Trinajstić information content (AvgIpc) is 3.14. The first kappa shape index (κ1) is 18.2. The fourth-order valence-electron chi connectivity index (χ4n) is 3.60. The minimum atomic E-state index is -0.367. The summed E-state index contributed by atoms with van der Waals surface area (Å²) in [7, 11) is 0. The quantitative estimate of drug-likeness (QED) is 0.652. The Morgan fingerprint density at radius 1 is 0.929 bits per heavy atom. The van der Waals surface area contributed by atoms with E-state index in [2.05, 4.69) is 39.5 Å². The minimum Gasteiger partial charge on any atom is -0.352 e. The molecule has 0 atom stereocenters. The van der Waals surface area contributed by atoms with Gasteiger partial charge in [0.05, 0.1) is 0 Å². The molecule has 0 saturated heterocycles. The normalized spacial score (nSPS) is 13.3. The van der Waals surface area contributed by atoms with Gasteiger partial charge in [-0.2, -0.15) is 0 Å². The topological polar surface area (TPSA) is 65.2 Å². The summed E-state index contributed by atoms with van der Waals surface area (Å²) in [4.78, 5) is 29.8. The number of rotatable bonds is 6. The van der Waals surface area contributed by atoms with E-state index >= 15 is 0 Å². The van der Waals surface area contributed by atoms with Gasteiger partial charge in [0, 0.05) is 31.9 Å². The third kappa shape index (κ3) is 4.05. The maximum atomic E-state index is 12.3. The van der Waals surface area contributed by atoms with E-state index in [1.165, 1.54) is 11.1 Å². The van der Waals surface area contributed by atoms with Gasteiger partial charge in [-0.3, -0.25) is 14.5 Å². The SMILES string of the molecule is O=C(NCCCN1Cc2ccccc2C1)c1ccc(-c2ccccc2)[nH]c1=O. The molecular weight excluding hydrogens is 350 g/mol. The molecule has 4 rings (SSSR count). The minimum absolute atomic E-state index is 0.147. The highest BCUT2D eigenvalue weighted by Crippen LogP contribution is 2.21. The fraction of sp³-hybridized carbons (Fsp3) is 0.217. The third-order valence-electron chi connectivity index (χ3n) is 5.08. The molecule has 5 heteroatoms. The van der Waals surface area contributed by atoms with Crippen LogP contribution in [0, 0.1) is 0 Å². The van der Waals surface area contributed by atoms with Crippen LogP contribution in [0.5, 0.6) is 0 Å². The highest BCUT2D eigenvalue weighted by atomic mass is 16.2. The van der Waals surface area contributed by atoms with Crippen LogP contribution in [0.15, 0.2) is 71.5 Å². The lowest BCUT2D eigenvalue weighted by Crippen LogP contribution is -2.31. The largest absolute Gasteiger partial charge is 0.352 e. The molecule has 0 saturated carbocycles. The number of hydrogen-bond donors (Lipinski definition) is 2. The van der Waals surface area contributed by atoms with Crippen molar-refractivity contribution in [3.63, 3.8) is 0 Å². The maximum Gasteiger partial charge on any atom is 0.261 e. The molecule has 1 aliphatic heterocycles. The van der Waals surface area contributed by atoms with Gasteiger partial charge in [0.15, 0.2) is 0 Å². The number of H-pyrrole nitrogens is 1. The Balaban J connectivity index is 1.28. The zero-order valence-electron chi connectivity index (χ0n) is 15.7.